The zero-order chi connectivity index (χ0) is 6.00. The van der Waals surface area contributed by atoms with Crippen molar-refractivity contribution in [2.45, 2.75) is 0 Å². The van der Waals surface area contributed by atoms with Crippen molar-refractivity contribution in [2.24, 2.45) is 0 Å². The summed E-state index contributed by atoms with van der Waals surface area (Å²) in [4.78, 5) is 0. The SMILES string of the molecule is [C-]#N.[C-]#N.[C-]#N.[Mn+3]. The Morgan fingerprint density at radius 2 is 0.571 bits per heavy atom. The van der Waals surface area contributed by atoms with Gasteiger partial charge >= 0.3 is 17.1 Å². The van der Waals surface area contributed by atoms with Gasteiger partial charge in [0.15, 0.2) is 0 Å². The van der Waals surface area contributed by atoms with E-state index >= 15 is 0 Å². The van der Waals surface area contributed by atoms with Gasteiger partial charge in [0.2, 0.25) is 0 Å². The Balaban J connectivity index is -0.00000000900. The molecule has 0 rings (SSSR count). The predicted molar refractivity (Wildman–Crippen MR) is 14.9 cm³/mol. The minimum Gasteiger partial charge on any atom is -0.512 e. The van der Waals surface area contributed by atoms with Gasteiger partial charge in [0.05, 0.1) is 0 Å². The Morgan fingerprint density at radius 3 is 0.571 bits per heavy atom. The van der Waals surface area contributed by atoms with Crippen molar-refractivity contribution in [1.82, 2.24) is 0 Å². The molecule has 0 N–H and O–H groups in total. The van der Waals surface area contributed by atoms with Crippen LogP contribution in [0, 0.1) is 35.5 Å². The van der Waals surface area contributed by atoms with Gasteiger partial charge in [0, 0.05) is 0 Å². The summed E-state index contributed by atoms with van der Waals surface area (Å²) in [5.74, 6) is 0. The molecule has 0 spiro atoms. The minimum atomic E-state index is 0. The fourth-order valence-corrected chi connectivity index (χ4v) is 0. The van der Waals surface area contributed by atoms with E-state index in [1.807, 2.05) is 0 Å². The van der Waals surface area contributed by atoms with Crippen molar-refractivity contribution in [1.29, 1.82) is 15.8 Å². The van der Waals surface area contributed by atoms with E-state index in [4.69, 9.17) is 35.5 Å². The van der Waals surface area contributed by atoms with Crippen molar-refractivity contribution in [2.75, 3.05) is 0 Å². The molecule has 0 aliphatic heterocycles. The van der Waals surface area contributed by atoms with Crippen LogP contribution >= 0.6 is 0 Å². The van der Waals surface area contributed by atoms with E-state index in [-0.39, 0.29) is 17.1 Å². The molecule has 7 heavy (non-hydrogen) atoms. The van der Waals surface area contributed by atoms with Crippen LogP contribution in [0.3, 0.4) is 0 Å². The maximum atomic E-state index is 6.25. The van der Waals surface area contributed by atoms with E-state index in [9.17, 15) is 0 Å². The summed E-state index contributed by atoms with van der Waals surface area (Å²) >= 11 is 0. The first-order valence-electron chi connectivity index (χ1n) is 0.671. The van der Waals surface area contributed by atoms with Crippen LogP contribution < -0.4 is 0 Å². The third-order valence-electron chi connectivity index (χ3n) is 0. The normalized spacial score (nSPS) is 0.857. The molecule has 0 radical (unpaired) electrons. The fourth-order valence-electron chi connectivity index (χ4n) is 0. The number of nitrogens with zero attached hydrogens (tertiary/aromatic N) is 3. The molecule has 0 unspecified atom stereocenters. The van der Waals surface area contributed by atoms with E-state index in [1.54, 1.807) is 0 Å². The van der Waals surface area contributed by atoms with E-state index < -0.39 is 0 Å². The Hall–Kier alpha value is -1.01. The largest absolute Gasteiger partial charge is 3.00 e. The van der Waals surface area contributed by atoms with Crippen molar-refractivity contribution in [3.8, 4) is 0 Å². The summed E-state index contributed by atoms with van der Waals surface area (Å²) in [6.45, 7) is 14.2. The second-order valence-electron chi connectivity index (χ2n) is 0. The number of hydrogen-bond donors (Lipinski definition) is 0. The molecule has 0 amide bonds. The molecule has 0 aliphatic rings. The summed E-state index contributed by atoms with van der Waals surface area (Å²) in [6, 6.07) is 0. The molecule has 34 valence electrons. The molecule has 0 saturated carbocycles. The molecule has 0 heterocycles. The quantitative estimate of drug-likeness (QED) is 0.352. The van der Waals surface area contributed by atoms with E-state index in [0.29, 0.717) is 0 Å². The van der Waals surface area contributed by atoms with Crippen LogP contribution in [-0.4, -0.2) is 0 Å². The first-order valence-corrected chi connectivity index (χ1v) is 0.671. The van der Waals surface area contributed by atoms with Crippen molar-refractivity contribution >= 4 is 0 Å². The Bertz CT molecular complexity index is 38.7. The van der Waals surface area contributed by atoms with Crippen LogP contribution in [0.15, 0.2) is 0 Å². The van der Waals surface area contributed by atoms with E-state index in [1.165, 1.54) is 0 Å². The summed E-state index contributed by atoms with van der Waals surface area (Å²) in [7, 11) is 0. The Kier molecular flexibility index (Phi) is 419. The molecule has 0 saturated heterocycles. The van der Waals surface area contributed by atoms with Gasteiger partial charge in [-0.25, -0.2) is 0 Å². The van der Waals surface area contributed by atoms with E-state index in [0.717, 1.165) is 0 Å². The fraction of sp³-hybridized carbons (Fsp3) is 0. The molecule has 0 aliphatic carbocycles. The molecule has 0 fully saturated rings. The molecule has 0 aromatic rings. The summed E-state index contributed by atoms with van der Waals surface area (Å²) < 4.78 is 0. The predicted octanol–water partition coefficient (Wildman–Crippen LogP) is 0.287. The topological polar surface area (TPSA) is 71.4 Å². The Labute approximate surface area is 53.3 Å². The van der Waals surface area contributed by atoms with Gasteiger partial charge < -0.3 is 35.5 Å². The molecular formula is C3MnN3. The average molecular weight is 133 g/mol. The van der Waals surface area contributed by atoms with Crippen LogP contribution in [0.2, 0.25) is 0 Å². The van der Waals surface area contributed by atoms with Gasteiger partial charge in [-0.05, 0) is 0 Å². The average Bonchev–Trinajstić information content (AvgIpc) is 1.81. The second-order valence-corrected chi connectivity index (χ2v) is 0. The Morgan fingerprint density at radius 1 is 0.571 bits per heavy atom. The summed E-state index contributed by atoms with van der Waals surface area (Å²) in [5.41, 5.74) is 0. The summed E-state index contributed by atoms with van der Waals surface area (Å²) in [5, 5.41) is 18.8. The monoisotopic (exact) mass is 133 g/mol. The number of rotatable bonds is 0. The molecule has 0 bridgehead atoms. The minimum absolute atomic E-state index is 0. The zero-order valence-electron chi connectivity index (χ0n) is 3.22. The maximum absolute atomic E-state index is 6.25. The van der Waals surface area contributed by atoms with Crippen molar-refractivity contribution < 1.29 is 17.1 Å². The number of hydrogen-bond acceptors (Lipinski definition) is 3. The molecule has 0 atom stereocenters. The zero-order valence-corrected chi connectivity index (χ0v) is 4.40. The maximum Gasteiger partial charge on any atom is 3.00 e. The molecule has 4 heteroatoms. The smallest absolute Gasteiger partial charge is 0.512 e. The standard InChI is InChI=1S/3CN.Mn/c3*1-2;/q3*-1;+3. The summed E-state index contributed by atoms with van der Waals surface area (Å²) in [6.07, 6.45) is 0. The van der Waals surface area contributed by atoms with Crippen LogP contribution in [-0.2, 0) is 17.1 Å². The first-order chi connectivity index (χ1) is 3.00. The van der Waals surface area contributed by atoms with Gasteiger partial charge in [-0.3, -0.25) is 0 Å². The van der Waals surface area contributed by atoms with Crippen LogP contribution in [0.25, 0.3) is 0 Å². The molecule has 0 aromatic carbocycles. The van der Waals surface area contributed by atoms with Crippen molar-refractivity contribution in [3.05, 3.63) is 19.7 Å². The first kappa shape index (κ1) is 37.7. The third kappa shape index (κ3) is 43.7. The van der Waals surface area contributed by atoms with Gasteiger partial charge in [-0.1, -0.05) is 0 Å². The molecule has 3 nitrogen and oxygen atoms in total. The van der Waals surface area contributed by atoms with Gasteiger partial charge in [0.25, 0.3) is 0 Å². The molecular weight excluding hydrogens is 133 g/mol. The van der Waals surface area contributed by atoms with Gasteiger partial charge in [0.1, 0.15) is 0 Å². The van der Waals surface area contributed by atoms with Crippen LogP contribution in [0.1, 0.15) is 0 Å². The van der Waals surface area contributed by atoms with E-state index in [2.05, 4.69) is 0 Å². The molecule has 0 aromatic heterocycles. The third-order valence-corrected chi connectivity index (χ3v) is 0. The van der Waals surface area contributed by atoms with Crippen LogP contribution in [0.5, 0.6) is 0 Å². The van der Waals surface area contributed by atoms with Crippen molar-refractivity contribution in [3.63, 3.8) is 0 Å². The van der Waals surface area contributed by atoms with Gasteiger partial charge in [-0.15, -0.1) is 0 Å². The van der Waals surface area contributed by atoms with Crippen LogP contribution in [0.4, 0.5) is 0 Å². The van der Waals surface area contributed by atoms with Gasteiger partial charge in [-0.2, -0.15) is 0 Å². The second kappa shape index (κ2) is 77.8.